The average Bonchev–Trinajstić information content (AvgIpc) is 2.64. The molecule has 0 spiro atoms. The molecule has 4 nitrogen and oxygen atoms in total. The first-order valence-corrected chi connectivity index (χ1v) is 7.62. The second kappa shape index (κ2) is 7.95. The van der Waals surface area contributed by atoms with E-state index in [1.54, 1.807) is 18.2 Å². The molecule has 0 fully saturated rings. The molecule has 0 N–H and O–H groups in total. The summed E-state index contributed by atoms with van der Waals surface area (Å²) in [5, 5.41) is 0. The van der Waals surface area contributed by atoms with E-state index in [-0.39, 0.29) is 5.56 Å². The summed E-state index contributed by atoms with van der Waals surface area (Å²) in [4.78, 5) is 13.5. The highest BCUT2D eigenvalue weighted by atomic mass is 19.4. The van der Waals surface area contributed by atoms with Crippen LogP contribution in [0.1, 0.15) is 5.56 Å². The van der Waals surface area contributed by atoms with Crippen molar-refractivity contribution in [1.82, 2.24) is 0 Å². The summed E-state index contributed by atoms with van der Waals surface area (Å²) in [7, 11) is 4.28. The maximum atomic E-state index is 13.4. The number of ether oxygens (including phenoxy) is 2. The van der Waals surface area contributed by atoms with Crippen LogP contribution in [0.3, 0.4) is 0 Å². The highest BCUT2D eigenvalue weighted by Crippen LogP contribution is 2.35. The van der Waals surface area contributed by atoms with Crippen LogP contribution >= 0.6 is 0 Å². The van der Waals surface area contributed by atoms with Gasteiger partial charge >= 0.3 is 6.18 Å². The number of amides is 1. The molecule has 26 heavy (non-hydrogen) atoms. The van der Waals surface area contributed by atoms with Crippen LogP contribution in [0, 0.1) is 0 Å². The van der Waals surface area contributed by atoms with E-state index in [0.717, 1.165) is 4.90 Å². The van der Waals surface area contributed by atoms with Gasteiger partial charge < -0.3 is 14.4 Å². The first-order valence-electron chi connectivity index (χ1n) is 7.62. The van der Waals surface area contributed by atoms with E-state index < -0.39 is 17.7 Å². The highest BCUT2D eigenvalue weighted by molar-refractivity contribution is 6.06. The summed E-state index contributed by atoms with van der Waals surface area (Å²) in [6.45, 7) is 0. The molecule has 2 aromatic carbocycles. The summed E-state index contributed by atoms with van der Waals surface area (Å²) in [6, 6.07) is 11.8. The zero-order valence-corrected chi connectivity index (χ0v) is 14.5. The molecule has 0 atom stereocenters. The van der Waals surface area contributed by atoms with Crippen molar-refractivity contribution in [2.45, 2.75) is 6.18 Å². The second-order valence-electron chi connectivity index (χ2n) is 5.36. The minimum atomic E-state index is -4.66. The Morgan fingerprint density at radius 3 is 2.15 bits per heavy atom. The molecular weight excluding hydrogens is 347 g/mol. The van der Waals surface area contributed by atoms with Gasteiger partial charge in [0.25, 0.3) is 5.91 Å². The smallest absolute Gasteiger partial charge is 0.417 e. The molecular formula is C19H18F3NO3. The van der Waals surface area contributed by atoms with Crippen LogP contribution in [0.25, 0.3) is 5.57 Å². The molecule has 0 saturated carbocycles. The molecule has 0 bridgehead atoms. The van der Waals surface area contributed by atoms with E-state index in [1.165, 1.54) is 51.6 Å². The Balaban J connectivity index is 2.38. The Labute approximate surface area is 149 Å². The van der Waals surface area contributed by atoms with Crippen molar-refractivity contribution >= 4 is 17.2 Å². The van der Waals surface area contributed by atoms with Crippen molar-refractivity contribution in [3.63, 3.8) is 0 Å². The molecule has 2 rings (SSSR count). The lowest BCUT2D eigenvalue weighted by molar-refractivity contribution is -0.114. The second-order valence-corrected chi connectivity index (χ2v) is 5.36. The van der Waals surface area contributed by atoms with Crippen molar-refractivity contribution in [1.29, 1.82) is 0 Å². The quantitative estimate of drug-likeness (QED) is 0.741. The Hall–Kier alpha value is -2.96. The van der Waals surface area contributed by atoms with Gasteiger partial charge in [-0.1, -0.05) is 30.3 Å². The lowest BCUT2D eigenvalue weighted by Gasteiger charge is -2.19. The van der Waals surface area contributed by atoms with Gasteiger partial charge in [0.15, 0.2) is 11.5 Å². The SMILES string of the molecule is COc1ccc(N(C)C(=O)/C=C(/c2ccccc2)C(F)(F)F)cc1OC. The van der Waals surface area contributed by atoms with Crippen molar-refractivity contribution in [3.8, 4) is 11.5 Å². The summed E-state index contributed by atoms with van der Waals surface area (Å²) in [5.41, 5.74) is -0.706. The number of carbonyl (C=O) groups is 1. The van der Waals surface area contributed by atoms with Gasteiger partial charge in [0.2, 0.25) is 0 Å². The van der Waals surface area contributed by atoms with Crippen LogP contribution in [0.4, 0.5) is 18.9 Å². The maximum Gasteiger partial charge on any atom is 0.417 e. The van der Waals surface area contributed by atoms with Gasteiger partial charge in [-0.25, -0.2) is 0 Å². The lowest BCUT2D eigenvalue weighted by Crippen LogP contribution is -2.26. The minimum absolute atomic E-state index is 0.0749. The highest BCUT2D eigenvalue weighted by Gasteiger charge is 2.35. The number of likely N-dealkylation sites (N-methyl/N-ethyl adjacent to an activating group) is 1. The van der Waals surface area contributed by atoms with E-state index >= 15 is 0 Å². The normalized spacial score (nSPS) is 11.8. The van der Waals surface area contributed by atoms with Gasteiger partial charge in [-0.15, -0.1) is 0 Å². The van der Waals surface area contributed by atoms with E-state index in [1.807, 2.05) is 0 Å². The van der Waals surface area contributed by atoms with Crippen molar-refractivity contribution in [3.05, 3.63) is 60.2 Å². The standard InChI is InChI=1S/C19H18F3NO3/c1-23(14-9-10-16(25-2)17(11-14)26-3)18(24)12-15(19(20,21)22)13-7-5-4-6-8-13/h4-12H,1-3H3/b15-12-. The van der Waals surface area contributed by atoms with Gasteiger partial charge in [0, 0.05) is 24.9 Å². The number of carbonyl (C=O) groups excluding carboxylic acids is 1. The number of methoxy groups -OCH3 is 2. The Kier molecular flexibility index (Phi) is 5.92. The zero-order valence-electron chi connectivity index (χ0n) is 14.5. The third kappa shape index (κ3) is 4.36. The van der Waals surface area contributed by atoms with Crippen molar-refractivity contribution in [2.24, 2.45) is 0 Å². The Morgan fingerprint density at radius 1 is 1.00 bits per heavy atom. The lowest BCUT2D eigenvalue weighted by atomic mass is 10.0. The molecule has 0 aliphatic heterocycles. The first-order chi connectivity index (χ1) is 12.3. The van der Waals surface area contributed by atoms with Gasteiger partial charge in [-0.05, 0) is 17.7 Å². The number of benzene rings is 2. The van der Waals surface area contributed by atoms with E-state index in [2.05, 4.69) is 0 Å². The third-order valence-electron chi connectivity index (χ3n) is 3.74. The fraction of sp³-hybridized carbons (Fsp3) is 0.211. The summed E-state index contributed by atoms with van der Waals surface area (Å²) in [6.07, 6.45) is -4.07. The molecule has 0 saturated heterocycles. The monoisotopic (exact) mass is 365 g/mol. The van der Waals surface area contributed by atoms with Crippen LogP contribution in [-0.2, 0) is 4.79 Å². The molecule has 0 heterocycles. The van der Waals surface area contributed by atoms with E-state index in [9.17, 15) is 18.0 Å². The van der Waals surface area contributed by atoms with Crippen LogP contribution < -0.4 is 14.4 Å². The van der Waals surface area contributed by atoms with Gasteiger partial charge in [0.05, 0.1) is 19.8 Å². The number of rotatable bonds is 5. The fourth-order valence-electron chi connectivity index (χ4n) is 2.33. The number of anilines is 1. The summed E-state index contributed by atoms with van der Waals surface area (Å²) in [5.74, 6) is 0.00837. The predicted molar refractivity (Wildman–Crippen MR) is 93.4 cm³/mol. The molecule has 0 aliphatic rings. The molecule has 0 aliphatic carbocycles. The Bertz CT molecular complexity index is 801. The molecule has 2 aromatic rings. The average molecular weight is 365 g/mol. The molecule has 0 radical (unpaired) electrons. The predicted octanol–water partition coefficient (Wildman–Crippen LogP) is 4.31. The number of alkyl halides is 3. The van der Waals surface area contributed by atoms with Crippen molar-refractivity contribution < 1.29 is 27.4 Å². The molecule has 0 unspecified atom stereocenters. The molecule has 7 heteroatoms. The number of hydrogen-bond acceptors (Lipinski definition) is 3. The topological polar surface area (TPSA) is 38.8 Å². The van der Waals surface area contributed by atoms with Gasteiger partial charge in [-0.2, -0.15) is 13.2 Å². The van der Waals surface area contributed by atoms with Gasteiger partial charge in [0.1, 0.15) is 0 Å². The minimum Gasteiger partial charge on any atom is -0.493 e. The third-order valence-corrected chi connectivity index (χ3v) is 3.74. The largest absolute Gasteiger partial charge is 0.493 e. The van der Waals surface area contributed by atoms with Crippen molar-refractivity contribution in [2.75, 3.05) is 26.2 Å². The molecule has 0 aromatic heterocycles. The van der Waals surface area contributed by atoms with Crippen LogP contribution in [0.15, 0.2) is 54.6 Å². The summed E-state index contributed by atoms with van der Waals surface area (Å²) >= 11 is 0. The van der Waals surface area contributed by atoms with Crippen LogP contribution in [0.2, 0.25) is 0 Å². The van der Waals surface area contributed by atoms with Crippen LogP contribution in [0.5, 0.6) is 11.5 Å². The first kappa shape index (κ1) is 19.4. The molecule has 1 amide bonds. The van der Waals surface area contributed by atoms with Gasteiger partial charge in [-0.3, -0.25) is 4.79 Å². The Morgan fingerprint density at radius 2 is 1.62 bits per heavy atom. The number of nitrogens with zero attached hydrogens (tertiary/aromatic N) is 1. The van der Waals surface area contributed by atoms with E-state index in [0.29, 0.717) is 23.3 Å². The van der Waals surface area contributed by atoms with E-state index in [4.69, 9.17) is 9.47 Å². The number of hydrogen-bond donors (Lipinski definition) is 0. The fourth-order valence-corrected chi connectivity index (χ4v) is 2.33. The number of halogens is 3. The number of allylic oxidation sites excluding steroid dienone is 1. The van der Waals surface area contributed by atoms with Crippen LogP contribution in [-0.4, -0.2) is 33.4 Å². The maximum absolute atomic E-state index is 13.4. The molecule has 138 valence electrons. The summed E-state index contributed by atoms with van der Waals surface area (Å²) < 4.78 is 50.4. The zero-order chi connectivity index (χ0) is 19.3.